The van der Waals surface area contributed by atoms with E-state index in [0.717, 1.165) is 66.8 Å². The smallest absolute Gasteiger partial charge is 0.338 e. The van der Waals surface area contributed by atoms with Crippen LogP contribution >= 0.6 is 11.3 Å². The molecule has 4 aromatic rings. The summed E-state index contributed by atoms with van der Waals surface area (Å²) >= 11 is 1.67. The van der Waals surface area contributed by atoms with Gasteiger partial charge >= 0.3 is 17.9 Å². The lowest BCUT2D eigenvalue weighted by Gasteiger charge is -2.44. The van der Waals surface area contributed by atoms with E-state index in [1.54, 1.807) is 35.6 Å². The highest BCUT2D eigenvalue weighted by Gasteiger charge is 2.55. The minimum absolute atomic E-state index is 0.108. The number of benzene rings is 3. The Labute approximate surface area is 358 Å². The zero-order valence-electron chi connectivity index (χ0n) is 34.9. The number of hydrogen-bond acceptors (Lipinski definition) is 8. The lowest BCUT2D eigenvalue weighted by molar-refractivity contribution is 0.00212. The Hall–Kier alpha value is -5.34. The minimum Gasteiger partial charge on any atom is -0.458 e. The summed E-state index contributed by atoms with van der Waals surface area (Å²) < 4.78 is 18.5. The predicted molar refractivity (Wildman–Crippen MR) is 236 cm³/mol. The van der Waals surface area contributed by atoms with Crippen molar-refractivity contribution in [1.29, 1.82) is 0 Å². The molecule has 0 saturated heterocycles. The van der Waals surface area contributed by atoms with Crippen molar-refractivity contribution < 1.29 is 28.6 Å². The maximum atomic E-state index is 13.5. The molecular weight excluding hydrogens is 767 g/mol. The van der Waals surface area contributed by atoms with Gasteiger partial charge in [0.05, 0.1) is 22.1 Å². The number of aromatic nitrogens is 1. The largest absolute Gasteiger partial charge is 0.458 e. The molecule has 310 valence electrons. The van der Waals surface area contributed by atoms with Gasteiger partial charge in [0, 0.05) is 23.9 Å². The predicted octanol–water partition coefficient (Wildman–Crippen LogP) is 11.8. The summed E-state index contributed by atoms with van der Waals surface area (Å²) in [5.41, 5.74) is 5.45. The molecule has 4 aliphatic rings. The summed E-state index contributed by atoms with van der Waals surface area (Å²) in [5, 5.41) is 3.14. The first kappa shape index (κ1) is 41.4. The highest BCUT2D eigenvalue weighted by atomic mass is 32.1. The molecule has 4 aliphatic carbocycles. The Morgan fingerprint density at radius 2 is 1.43 bits per heavy atom. The van der Waals surface area contributed by atoms with Crippen LogP contribution < -0.4 is 0 Å². The van der Waals surface area contributed by atoms with Crippen LogP contribution in [-0.2, 0) is 19.6 Å². The number of carbonyl (C=O) groups excluding carboxylic acids is 3. The fraction of sp³-hybridized carbons (Fsp3) is 0.385. The second-order valence-corrected chi connectivity index (χ2v) is 18.4. The third kappa shape index (κ3) is 8.76. The molecule has 1 heterocycles. The number of fused-ring (bicyclic) bond motifs is 1. The van der Waals surface area contributed by atoms with Gasteiger partial charge in [-0.25, -0.2) is 19.4 Å². The maximum absolute atomic E-state index is 13.5. The van der Waals surface area contributed by atoms with Gasteiger partial charge in [-0.05, 0) is 129 Å². The molecule has 1 aromatic heterocycles. The van der Waals surface area contributed by atoms with Gasteiger partial charge in [0.25, 0.3) is 0 Å². The molecule has 7 atom stereocenters. The summed E-state index contributed by atoms with van der Waals surface area (Å²) in [4.78, 5) is 44.8. The third-order valence-corrected chi connectivity index (χ3v) is 14.8. The summed E-state index contributed by atoms with van der Waals surface area (Å²) in [6, 6.07) is 27.2. The molecule has 0 unspecified atom stereocenters. The van der Waals surface area contributed by atoms with Crippen LogP contribution in [-0.4, -0.2) is 41.2 Å². The van der Waals surface area contributed by atoms with Crippen molar-refractivity contribution in [3.05, 3.63) is 171 Å². The molecule has 0 spiro atoms. The molecule has 0 bridgehead atoms. The van der Waals surface area contributed by atoms with Crippen LogP contribution in [0.5, 0.6) is 0 Å². The van der Waals surface area contributed by atoms with Crippen LogP contribution in [0.4, 0.5) is 0 Å². The number of nitrogens with zero attached hydrogens (tertiary/aromatic N) is 1. The quantitative estimate of drug-likeness (QED) is 0.0798. The maximum Gasteiger partial charge on any atom is 0.338 e. The topological polar surface area (TPSA) is 91.8 Å². The Bertz CT molecular complexity index is 2290. The molecule has 0 aliphatic heterocycles. The second kappa shape index (κ2) is 17.7. The molecular formula is C52H55NO6S. The summed E-state index contributed by atoms with van der Waals surface area (Å²) in [6.45, 7) is 11.3. The van der Waals surface area contributed by atoms with Gasteiger partial charge in [-0.3, -0.25) is 0 Å². The van der Waals surface area contributed by atoms with Gasteiger partial charge in [0.15, 0.2) is 0 Å². The van der Waals surface area contributed by atoms with Gasteiger partial charge in [-0.15, -0.1) is 11.3 Å². The van der Waals surface area contributed by atoms with E-state index >= 15 is 0 Å². The molecule has 60 heavy (non-hydrogen) atoms. The highest BCUT2D eigenvalue weighted by Crippen LogP contribution is 2.60. The first-order valence-electron chi connectivity index (χ1n) is 21.5. The Morgan fingerprint density at radius 3 is 2.03 bits per heavy atom. The normalized spacial score (nSPS) is 26.9. The SMILES string of the molecule is C=C1C(=CC=C2CCC[C@]3(C)[C@@H]([C@H](C)C=C[C@H](OC(=O)c4ccccc4)C4(c5nc(C)cs5)CC4)CC[C@@H]23)C[C@@H](OC(=O)c2ccccc2)C[C@@H]1OC(=O)c1ccccc1. The fourth-order valence-corrected chi connectivity index (χ4v) is 11.3. The van der Waals surface area contributed by atoms with E-state index in [1.165, 1.54) is 5.57 Å². The lowest BCUT2D eigenvalue weighted by Crippen LogP contribution is -2.36. The van der Waals surface area contributed by atoms with Gasteiger partial charge in [-0.2, -0.15) is 0 Å². The Kier molecular flexibility index (Phi) is 12.2. The monoisotopic (exact) mass is 821 g/mol. The van der Waals surface area contributed by atoms with E-state index in [4.69, 9.17) is 19.2 Å². The van der Waals surface area contributed by atoms with Crippen LogP contribution in [0.2, 0.25) is 0 Å². The molecule has 0 radical (unpaired) electrons. The average Bonchev–Trinajstić information content (AvgIpc) is 3.82. The van der Waals surface area contributed by atoms with Crippen LogP contribution in [0.25, 0.3) is 0 Å². The average molecular weight is 822 g/mol. The van der Waals surface area contributed by atoms with Crippen LogP contribution in [0.3, 0.4) is 0 Å². The van der Waals surface area contributed by atoms with E-state index in [0.29, 0.717) is 41.4 Å². The number of aryl methyl sites for hydroxylation is 1. The lowest BCUT2D eigenvalue weighted by atomic mass is 9.61. The zero-order valence-corrected chi connectivity index (χ0v) is 35.7. The number of carbonyl (C=O) groups is 3. The number of esters is 3. The summed E-state index contributed by atoms with van der Waals surface area (Å²) in [7, 11) is 0. The van der Waals surface area contributed by atoms with Gasteiger partial charge in [0.2, 0.25) is 0 Å². The molecule has 4 saturated carbocycles. The molecule has 0 amide bonds. The first-order valence-corrected chi connectivity index (χ1v) is 22.4. The first-order chi connectivity index (χ1) is 29.0. The minimum atomic E-state index is -0.630. The zero-order chi connectivity index (χ0) is 41.9. The van der Waals surface area contributed by atoms with Crippen molar-refractivity contribution in [2.24, 2.45) is 23.2 Å². The van der Waals surface area contributed by atoms with Crippen molar-refractivity contribution in [2.45, 2.75) is 102 Å². The van der Waals surface area contributed by atoms with Crippen molar-refractivity contribution in [3.63, 3.8) is 0 Å². The second-order valence-electron chi connectivity index (χ2n) is 17.5. The van der Waals surface area contributed by atoms with E-state index in [9.17, 15) is 14.4 Å². The van der Waals surface area contributed by atoms with E-state index in [2.05, 4.69) is 50.1 Å². The highest BCUT2D eigenvalue weighted by molar-refractivity contribution is 7.09. The fourth-order valence-electron chi connectivity index (χ4n) is 10.2. The Balaban J connectivity index is 1.01. The molecule has 0 N–H and O–H groups in total. The van der Waals surface area contributed by atoms with Crippen LogP contribution in [0.1, 0.15) is 113 Å². The van der Waals surface area contributed by atoms with Crippen LogP contribution in [0, 0.1) is 30.1 Å². The molecule has 8 rings (SSSR count). The van der Waals surface area contributed by atoms with Gasteiger partial charge in [0.1, 0.15) is 23.3 Å². The molecule has 8 heteroatoms. The summed E-state index contributed by atoms with van der Waals surface area (Å²) in [6.07, 6.45) is 15.7. The van der Waals surface area contributed by atoms with E-state index in [1.807, 2.05) is 73.7 Å². The van der Waals surface area contributed by atoms with Crippen molar-refractivity contribution in [1.82, 2.24) is 4.98 Å². The number of rotatable bonds is 12. The van der Waals surface area contributed by atoms with Gasteiger partial charge < -0.3 is 14.2 Å². The van der Waals surface area contributed by atoms with E-state index in [-0.39, 0.29) is 22.7 Å². The molecule has 7 nitrogen and oxygen atoms in total. The molecule has 4 fully saturated rings. The standard InChI is InChI=1S/C52H55NO6S/c1-34(22-27-46(59-49(56)40-19-12-7-13-20-40)52(29-30-52)50-53-35(2)33-60-50)43-25-26-44-37(21-14-28-51(43,44)4)23-24-41-31-42(57-47(54)38-15-8-5-9-16-38)32-45(36(41)3)58-48(55)39-17-10-6-11-18-39/h5-13,15-20,22-24,27,33-34,42-46H,3,14,21,25-26,28-32H2,1-2,4H3/t34-,42-,43-,44+,45+,46+,51-/m1/s1. The van der Waals surface area contributed by atoms with E-state index < -0.39 is 30.3 Å². The number of ether oxygens (including phenoxy) is 3. The Morgan fingerprint density at radius 1 is 0.817 bits per heavy atom. The van der Waals surface area contributed by atoms with Crippen molar-refractivity contribution >= 4 is 29.2 Å². The number of thiazole rings is 1. The van der Waals surface area contributed by atoms with Crippen molar-refractivity contribution in [3.8, 4) is 0 Å². The summed E-state index contributed by atoms with van der Waals surface area (Å²) in [5.74, 6) is 0.0497. The number of hydrogen-bond donors (Lipinski definition) is 0. The molecule has 3 aromatic carbocycles. The van der Waals surface area contributed by atoms with Crippen molar-refractivity contribution in [2.75, 3.05) is 0 Å². The van der Waals surface area contributed by atoms with Crippen LogP contribution in [0.15, 0.2) is 144 Å². The third-order valence-electron chi connectivity index (χ3n) is 13.7. The van der Waals surface area contributed by atoms with Gasteiger partial charge in [-0.1, -0.05) is 98.8 Å². The number of allylic oxidation sites excluding steroid dienone is 4.